The van der Waals surface area contributed by atoms with Crippen LogP contribution < -0.4 is 11.3 Å². The molecule has 112 valence electrons. The van der Waals surface area contributed by atoms with Gasteiger partial charge in [-0.2, -0.15) is 0 Å². The van der Waals surface area contributed by atoms with Gasteiger partial charge in [-0.25, -0.2) is 0 Å². The summed E-state index contributed by atoms with van der Waals surface area (Å²) in [4.78, 5) is 1.23. The molecule has 5 heteroatoms. The van der Waals surface area contributed by atoms with E-state index in [9.17, 15) is 0 Å². The molecule has 0 saturated carbocycles. The molecule has 1 atom stereocenters. The van der Waals surface area contributed by atoms with Crippen LogP contribution in [-0.2, 0) is 6.42 Å². The Morgan fingerprint density at radius 3 is 2.52 bits per heavy atom. The predicted molar refractivity (Wildman–Crippen MR) is 93.2 cm³/mol. The fourth-order valence-corrected chi connectivity index (χ4v) is 3.29. The average Bonchev–Trinajstić information content (AvgIpc) is 2.48. The number of benzene rings is 2. The van der Waals surface area contributed by atoms with Crippen molar-refractivity contribution >= 4 is 35.0 Å². The van der Waals surface area contributed by atoms with Crippen molar-refractivity contribution < 1.29 is 0 Å². The number of nitrogens with one attached hydrogen (secondary N) is 1. The summed E-state index contributed by atoms with van der Waals surface area (Å²) in [6.07, 6.45) is 0.745. The summed E-state index contributed by atoms with van der Waals surface area (Å²) in [7, 11) is 0. The average molecular weight is 341 g/mol. The molecule has 0 heterocycles. The number of halogens is 2. The van der Waals surface area contributed by atoms with Crippen molar-refractivity contribution in [2.45, 2.75) is 24.3 Å². The van der Waals surface area contributed by atoms with Gasteiger partial charge in [0, 0.05) is 26.7 Å². The van der Waals surface area contributed by atoms with Crippen molar-refractivity contribution in [3.05, 3.63) is 63.6 Å². The van der Waals surface area contributed by atoms with Crippen LogP contribution in [0, 0.1) is 6.92 Å². The molecule has 0 aliphatic carbocycles. The van der Waals surface area contributed by atoms with Gasteiger partial charge in [0.1, 0.15) is 0 Å². The Balaban J connectivity index is 1.96. The second-order valence-electron chi connectivity index (χ2n) is 4.93. The van der Waals surface area contributed by atoms with E-state index in [2.05, 4.69) is 36.6 Å². The second-order valence-corrected chi connectivity index (χ2v) is 6.86. The van der Waals surface area contributed by atoms with Gasteiger partial charge in [-0.3, -0.25) is 11.3 Å². The largest absolute Gasteiger partial charge is 0.271 e. The fraction of sp³-hybridized carbons (Fsp3) is 0.250. The van der Waals surface area contributed by atoms with Gasteiger partial charge >= 0.3 is 0 Å². The van der Waals surface area contributed by atoms with Crippen LogP contribution in [0.5, 0.6) is 0 Å². The molecule has 0 fully saturated rings. The second kappa shape index (κ2) is 8.06. The maximum atomic E-state index is 6.20. The zero-order valence-corrected chi connectivity index (χ0v) is 14.1. The van der Waals surface area contributed by atoms with Crippen LogP contribution in [0.25, 0.3) is 0 Å². The molecule has 2 aromatic carbocycles. The predicted octanol–water partition coefficient (Wildman–Crippen LogP) is 4.47. The Morgan fingerprint density at radius 2 is 1.86 bits per heavy atom. The Morgan fingerprint density at radius 1 is 1.14 bits per heavy atom. The molecular formula is C16H18Cl2N2S. The highest BCUT2D eigenvalue weighted by molar-refractivity contribution is 7.99. The van der Waals surface area contributed by atoms with Crippen molar-refractivity contribution in [2.24, 2.45) is 5.84 Å². The molecule has 3 N–H and O–H groups in total. The van der Waals surface area contributed by atoms with E-state index in [1.54, 1.807) is 17.8 Å². The zero-order chi connectivity index (χ0) is 15.2. The third kappa shape index (κ3) is 5.20. The number of rotatable bonds is 6. The molecule has 0 bridgehead atoms. The highest BCUT2D eigenvalue weighted by Gasteiger charge is 2.11. The lowest BCUT2D eigenvalue weighted by Gasteiger charge is -2.16. The van der Waals surface area contributed by atoms with Crippen molar-refractivity contribution in [3.63, 3.8) is 0 Å². The molecule has 0 aliphatic rings. The van der Waals surface area contributed by atoms with Gasteiger partial charge in [0.15, 0.2) is 0 Å². The van der Waals surface area contributed by atoms with E-state index in [4.69, 9.17) is 29.0 Å². The smallest absolute Gasteiger partial charge is 0.0439 e. The standard InChI is InChI=1S/C16H18Cl2N2S/c1-11-2-5-15(6-3-11)21-10-14(20-19)9-12-8-13(17)4-7-16(12)18/h2-8,14,20H,9-10,19H2,1H3. The van der Waals surface area contributed by atoms with Crippen molar-refractivity contribution in [3.8, 4) is 0 Å². The van der Waals surface area contributed by atoms with Gasteiger partial charge in [-0.05, 0) is 49.2 Å². The van der Waals surface area contributed by atoms with Crippen LogP contribution in [0.4, 0.5) is 0 Å². The van der Waals surface area contributed by atoms with Crippen molar-refractivity contribution in [1.29, 1.82) is 0 Å². The van der Waals surface area contributed by atoms with Gasteiger partial charge in [0.25, 0.3) is 0 Å². The van der Waals surface area contributed by atoms with Crippen LogP contribution in [-0.4, -0.2) is 11.8 Å². The summed E-state index contributed by atoms with van der Waals surface area (Å²) >= 11 is 14.0. The molecule has 0 saturated heterocycles. The monoisotopic (exact) mass is 340 g/mol. The SMILES string of the molecule is Cc1ccc(SCC(Cc2cc(Cl)ccc2Cl)NN)cc1. The normalized spacial score (nSPS) is 12.4. The van der Waals surface area contributed by atoms with E-state index < -0.39 is 0 Å². The molecule has 2 aromatic rings. The third-order valence-electron chi connectivity index (χ3n) is 3.18. The first-order chi connectivity index (χ1) is 10.1. The van der Waals surface area contributed by atoms with E-state index in [1.807, 2.05) is 12.1 Å². The lowest BCUT2D eigenvalue weighted by atomic mass is 10.1. The maximum Gasteiger partial charge on any atom is 0.0439 e. The first-order valence-corrected chi connectivity index (χ1v) is 8.42. The quantitative estimate of drug-likeness (QED) is 0.463. The van der Waals surface area contributed by atoms with Crippen LogP contribution in [0.15, 0.2) is 47.4 Å². The molecule has 0 spiro atoms. The maximum absolute atomic E-state index is 6.20. The molecule has 0 radical (unpaired) electrons. The molecule has 21 heavy (non-hydrogen) atoms. The van der Waals surface area contributed by atoms with E-state index in [1.165, 1.54) is 10.5 Å². The minimum absolute atomic E-state index is 0.132. The van der Waals surface area contributed by atoms with Gasteiger partial charge in [-0.15, -0.1) is 11.8 Å². The molecule has 2 nitrogen and oxygen atoms in total. The number of thioether (sulfide) groups is 1. The van der Waals surface area contributed by atoms with E-state index >= 15 is 0 Å². The van der Waals surface area contributed by atoms with Gasteiger partial charge in [0.2, 0.25) is 0 Å². The van der Waals surface area contributed by atoms with Crippen molar-refractivity contribution in [2.75, 3.05) is 5.75 Å². The minimum atomic E-state index is 0.132. The zero-order valence-electron chi connectivity index (χ0n) is 11.8. The highest BCUT2D eigenvalue weighted by atomic mass is 35.5. The van der Waals surface area contributed by atoms with Gasteiger partial charge in [-0.1, -0.05) is 40.9 Å². The van der Waals surface area contributed by atoms with Crippen LogP contribution in [0.2, 0.25) is 10.0 Å². The van der Waals surface area contributed by atoms with Crippen molar-refractivity contribution in [1.82, 2.24) is 5.43 Å². The summed E-state index contributed by atoms with van der Waals surface area (Å²) in [5.74, 6) is 6.52. The fourth-order valence-electron chi connectivity index (χ4n) is 1.96. The molecule has 0 amide bonds. The minimum Gasteiger partial charge on any atom is -0.271 e. The molecule has 0 aliphatic heterocycles. The van der Waals surface area contributed by atoms with Crippen LogP contribution in [0.3, 0.4) is 0 Å². The number of nitrogens with two attached hydrogens (primary N) is 1. The number of aryl methyl sites for hydroxylation is 1. The van der Waals surface area contributed by atoms with Crippen LogP contribution >= 0.6 is 35.0 Å². The highest BCUT2D eigenvalue weighted by Crippen LogP contribution is 2.24. The van der Waals surface area contributed by atoms with E-state index in [0.29, 0.717) is 5.02 Å². The molecular weight excluding hydrogens is 323 g/mol. The lowest BCUT2D eigenvalue weighted by molar-refractivity contribution is 0.575. The summed E-state index contributed by atoms with van der Waals surface area (Å²) in [5.41, 5.74) is 5.13. The first kappa shape index (κ1) is 16.7. The van der Waals surface area contributed by atoms with E-state index in [0.717, 1.165) is 22.8 Å². The Bertz CT molecular complexity index is 587. The molecule has 0 aromatic heterocycles. The summed E-state index contributed by atoms with van der Waals surface area (Å²) < 4.78 is 0. The Labute approximate surface area is 140 Å². The van der Waals surface area contributed by atoms with Gasteiger partial charge in [0.05, 0.1) is 0 Å². The topological polar surface area (TPSA) is 38.0 Å². The lowest BCUT2D eigenvalue weighted by Crippen LogP contribution is -2.38. The summed E-state index contributed by atoms with van der Waals surface area (Å²) in [5, 5.41) is 1.41. The van der Waals surface area contributed by atoms with Crippen LogP contribution in [0.1, 0.15) is 11.1 Å². The number of hydrazine groups is 1. The summed E-state index contributed by atoms with van der Waals surface area (Å²) in [6, 6.07) is 14.1. The Kier molecular flexibility index (Phi) is 6.40. The summed E-state index contributed by atoms with van der Waals surface area (Å²) in [6.45, 7) is 2.08. The van der Waals surface area contributed by atoms with E-state index in [-0.39, 0.29) is 6.04 Å². The first-order valence-electron chi connectivity index (χ1n) is 6.68. The third-order valence-corrected chi connectivity index (χ3v) is 4.96. The Hall–Kier alpha value is -0.710. The number of hydrogen-bond acceptors (Lipinski definition) is 3. The molecule has 2 rings (SSSR count). The van der Waals surface area contributed by atoms with Gasteiger partial charge < -0.3 is 0 Å². The molecule has 1 unspecified atom stereocenters. The number of hydrogen-bond donors (Lipinski definition) is 2.